The summed E-state index contributed by atoms with van der Waals surface area (Å²) in [7, 11) is 0. The van der Waals surface area contributed by atoms with Crippen LogP contribution in [0.5, 0.6) is 0 Å². The van der Waals surface area contributed by atoms with Crippen LogP contribution in [0.1, 0.15) is 23.3 Å². The van der Waals surface area contributed by atoms with E-state index in [0.717, 1.165) is 27.1 Å². The van der Waals surface area contributed by atoms with Gasteiger partial charge >= 0.3 is 0 Å². The Bertz CT molecular complexity index is 1170. The van der Waals surface area contributed by atoms with Crippen LogP contribution in [0, 0.1) is 0 Å². The molecule has 1 aromatic heterocycles. The summed E-state index contributed by atoms with van der Waals surface area (Å²) < 4.78 is 0. The van der Waals surface area contributed by atoms with Crippen molar-refractivity contribution in [3.63, 3.8) is 0 Å². The van der Waals surface area contributed by atoms with Crippen molar-refractivity contribution in [1.29, 1.82) is 0 Å². The molecule has 0 unspecified atom stereocenters. The third kappa shape index (κ3) is 2.03. The molecular formula is C21H17NO4. The average molecular weight is 347 g/mol. The Kier molecular flexibility index (Phi) is 3.29. The smallest absolute Gasteiger partial charge is 0.113 e. The summed E-state index contributed by atoms with van der Waals surface area (Å²) in [5.74, 6) is 0. The number of hydrogen-bond donors (Lipinski definition) is 4. The molecule has 130 valence electrons. The summed E-state index contributed by atoms with van der Waals surface area (Å²) in [6, 6.07) is 17.5. The SMILES string of the molecule is O[C@@H]1[C@H](O)[C@@H](O)c2c(ccc3cc4c(ccc5ccccc54)nc23)[C@H]1O. The van der Waals surface area contributed by atoms with Gasteiger partial charge in [-0.25, -0.2) is 4.98 Å². The Labute approximate surface area is 148 Å². The van der Waals surface area contributed by atoms with Crippen LogP contribution >= 0.6 is 0 Å². The van der Waals surface area contributed by atoms with E-state index in [2.05, 4.69) is 0 Å². The van der Waals surface area contributed by atoms with Crippen LogP contribution in [0.25, 0.3) is 32.6 Å². The number of hydrogen-bond acceptors (Lipinski definition) is 5. The van der Waals surface area contributed by atoms with Crippen LogP contribution in [-0.2, 0) is 0 Å². The molecular weight excluding hydrogens is 330 g/mol. The Morgan fingerprint density at radius 1 is 0.692 bits per heavy atom. The van der Waals surface area contributed by atoms with Crippen LogP contribution < -0.4 is 0 Å². The second kappa shape index (κ2) is 5.46. The first-order valence-corrected chi connectivity index (χ1v) is 8.53. The van der Waals surface area contributed by atoms with Gasteiger partial charge in [0.25, 0.3) is 0 Å². The first kappa shape index (κ1) is 15.7. The number of rotatable bonds is 0. The van der Waals surface area contributed by atoms with Gasteiger partial charge in [-0.1, -0.05) is 42.5 Å². The minimum absolute atomic E-state index is 0.378. The average Bonchev–Trinajstić information content (AvgIpc) is 2.68. The van der Waals surface area contributed by atoms with Gasteiger partial charge in [0, 0.05) is 16.3 Å². The zero-order chi connectivity index (χ0) is 18.0. The number of nitrogens with zero attached hydrogens (tertiary/aromatic N) is 1. The Morgan fingerprint density at radius 3 is 2.27 bits per heavy atom. The molecule has 3 aromatic carbocycles. The second-order valence-corrected chi connectivity index (χ2v) is 6.85. The van der Waals surface area contributed by atoms with E-state index in [4.69, 9.17) is 4.98 Å². The van der Waals surface area contributed by atoms with Crippen molar-refractivity contribution in [1.82, 2.24) is 4.98 Å². The molecule has 0 radical (unpaired) electrons. The molecule has 4 N–H and O–H groups in total. The first-order valence-electron chi connectivity index (χ1n) is 8.53. The summed E-state index contributed by atoms with van der Waals surface area (Å²) in [6.07, 6.45) is -5.46. The fraction of sp³-hybridized carbons (Fsp3) is 0.190. The highest BCUT2D eigenvalue weighted by atomic mass is 16.4. The molecule has 0 saturated carbocycles. The summed E-state index contributed by atoms with van der Waals surface area (Å²) >= 11 is 0. The van der Waals surface area contributed by atoms with Crippen LogP contribution in [0.3, 0.4) is 0 Å². The van der Waals surface area contributed by atoms with Gasteiger partial charge in [-0.05, 0) is 28.5 Å². The van der Waals surface area contributed by atoms with E-state index in [1.165, 1.54) is 0 Å². The van der Waals surface area contributed by atoms with Gasteiger partial charge in [-0.2, -0.15) is 0 Å². The molecule has 0 aliphatic heterocycles. The fourth-order valence-corrected chi connectivity index (χ4v) is 3.99. The minimum Gasteiger partial charge on any atom is -0.387 e. The number of aromatic nitrogens is 1. The third-order valence-electron chi connectivity index (χ3n) is 5.37. The van der Waals surface area contributed by atoms with Crippen LogP contribution in [-0.4, -0.2) is 37.6 Å². The molecule has 5 rings (SSSR count). The van der Waals surface area contributed by atoms with Gasteiger partial charge in [0.2, 0.25) is 0 Å². The number of benzene rings is 3. The van der Waals surface area contributed by atoms with E-state index >= 15 is 0 Å². The normalized spacial score (nSPS) is 25.7. The molecule has 1 aliphatic rings. The van der Waals surface area contributed by atoms with Gasteiger partial charge in [-0.3, -0.25) is 0 Å². The number of aliphatic hydroxyl groups excluding tert-OH is 4. The Balaban J connectivity index is 1.88. The maximum absolute atomic E-state index is 10.5. The lowest BCUT2D eigenvalue weighted by atomic mass is 9.82. The van der Waals surface area contributed by atoms with Crippen molar-refractivity contribution in [3.8, 4) is 0 Å². The maximum Gasteiger partial charge on any atom is 0.113 e. The second-order valence-electron chi connectivity index (χ2n) is 6.85. The lowest BCUT2D eigenvalue weighted by Crippen LogP contribution is -2.41. The lowest BCUT2D eigenvalue weighted by Gasteiger charge is -2.35. The fourth-order valence-electron chi connectivity index (χ4n) is 3.99. The van der Waals surface area contributed by atoms with Crippen LogP contribution in [0.15, 0.2) is 54.6 Å². The van der Waals surface area contributed by atoms with E-state index < -0.39 is 24.4 Å². The van der Waals surface area contributed by atoms with Gasteiger partial charge in [0.1, 0.15) is 24.4 Å². The zero-order valence-corrected chi connectivity index (χ0v) is 13.7. The molecule has 0 fully saturated rings. The molecule has 0 bridgehead atoms. The molecule has 5 heteroatoms. The van der Waals surface area contributed by atoms with Crippen molar-refractivity contribution in [2.24, 2.45) is 0 Å². The third-order valence-corrected chi connectivity index (χ3v) is 5.37. The Hall–Kier alpha value is -2.57. The highest BCUT2D eigenvalue weighted by Crippen LogP contribution is 2.41. The summed E-state index contributed by atoms with van der Waals surface area (Å²) in [4.78, 5) is 4.72. The number of pyridine rings is 1. The molecule has 1 aliphatic carbocycles. The molecule has 1 heterocycles. The topological polar surface area (TPSA) is 93.8 Å². The molecule has 4 atom stereocenters. The largest absolute Gasteiger partial charge is 0.387 e. The summed E-state index contributed by atoms with van der Waals surface area (Å²) in [5, 5.41) is 44.8. The van der Waals surface area contributed by atoms with Crippen LogP contribution in [0.4, 0.5) is 0 Å². The monoisotopic (exact) mass is 347 g/mol. The van der Waals surface area contributed by atoms with E-state index in [1.807, 2.05) is 48.5 Å². The zero-order valence-electron chi connectivity index (χ0n) is 13.7. The molecule has 0 saturated heterocycles. The van der Waals surface area contributed by atoms with Crippen molar-refractivity contribution >= 4 is 32.6 Å². The predicted molar refractivity (Wildman–Crippen MR) is 98.7 cm³/mol. The standard InChI is InChI=1S/C21H17NO4/c23-18-13-7-5-11-9-14-12-4-2-1-3-10(12)6-8-15(14)22-17(11)16(13)19(24)21(26)20(18)25/h1-9,18-21,23-26H/t18-,19+,20+,21-/m1/s1. The van der Waals surface area contributed by atoms with Crippen LogP contribution in [0.2, 0.25) is 0 Å². The van der Waals surface area contributed by atoms with Gasteiger partial charge in [0.15, 0.2) is 0 Å². The van der Waals surface area contributed by atoms with E-state index in [-0.39, 0.29) is 0 Å². The molecule has 5 nitrogen and oxygen atoms in total. The number of fused-ring (bicyclic) bond motifs is 6. The van der Waals surface area contributed by atoms with Crippen molar-refractivity contribution < 1.29 is 20.4 Å². The molecule has 26 heavy (non-hydrogen) atoms. The lowest BCUT2D eigenvalue weighted by molar-refractivity contribution is -0.119. The van der Waals surface area contributed by atoms with Crippen molar-refractivity contribution in [2.75, 3.05) is 0 Å². The number of aliphatic hydroxyl groups is 4. The molecule has 4 aromatic rings. The first-order chi connectivity index (χ1) is 12.6. The summed E-state index contributed by atoms with van der Waals surface area (Å²) in [6.45, 7) is 0. The quantitative estimate of drug-likeness (QED) is 0.289. The van der Waals surface area contributed by atoms with Crippen molar-refractivity contribution in [2.45, 2.75) is 24.4 Å². The molecule has 0 amide bonds. The Morgan fingerprint density at radius 2 is 1.42 bits per heavy atom. The van der Waals surface area contributed by atoms with E-state index in [1.54, 1.807) is 6.07 Å². The van der Waals surface area contributed by atoms with Crippen molar-refractivity contribution in [3.05, 3.63) is 65.7 Å². The highest BCUT2D eigenvalue weighted by Gasteiger charge is 2.40. The van der Waals surface area contributed by atoms with E-state index in [9.17, 15) is 20.4 Å². The highest BCUT2D eigenvalue weighted by molar-refractivity contribution is 6.09. The minimum atomic E-state index is -1.46. The predicted octanol–water partition coefficient (Wildman–Crippen LogP) is 2.34. The van der Waals surface area contributed by atoms with Gasteiger partial charge in [0.05, 0.1) is 11.0 Å². The summed E-state index contributed by atoms with van der Waals surface area (Å²) in [5.41, 5.74) is 2.08. The van der Waals surface area contributed by atoms with Gasteiger partial charge < -0.3 is 20.4 Å². The van der Waals surface area contributed by atoms with Gasteiger partial charge in [-0.15, -0.1) is 0 Å². The maximum atomic E-state index is 10.5. The molecule has 0 spiro atoms. The van der Waals surface area contributed by atoms with E-state index in [0.29, 0.717) is 16.6 Å².